The maximum Gasteiger partial charge on any atom is 0.189 e. The number of rotatable bonds is 3. The maximum atomic E-state index is 12.2. The second-order valence-electron chi connectivity index (χ2n) is 6.93. The van der Waals surface area contributed by atoms with Crippen molar-refractivity contribution in [3.05, 3.63) is 81.1 Å². The summed E-state index contributed by atoms with van der Waals surface area (Å²) in [6, 6.07) is 18.5. The highest BCUT2D eigenvalue weighted by molar-refractivity contribution is 9.10. The second kappa shape index (κ2) is 7.35. The molecule has 2 aromatic carbocycles. The van der Waals surface area contributed by atoms with E-state index in [4.69, 9.17) is 0 Å². The fourth-order valence-electron chi connectivity index (χ4n) is 3.76. The van der Waals surface area contributed by atoms with Gasteiger partial charge in [-0.1, -0.05) is 36.4 Å². The van der Waals surface area contributed by atoms with Gasteiger partial charge in [0.2, 0.25) is 0 Å². The Kier molecular flexibility index (Phi) is 4.94. The first-order valence-electron chi connectivity index (χ1n) is 8.89. The fourth-order valence-corrected chi connectivity index (χ4v) is 4.35. The molecule has 1 atom stereocenters. The standard InChI is InChI=1S/C21H22BrN3O/c1-23-12-13-24(19(14-23)16-6-3-2-4-7-16)15-25-11-10-20(26)17-8-5-9-18(22)21(17)25/h2-11,19H,12-15H2,1H3. The van der Waals surface area contributed by atoms with Gasteiger partial charge in [0.1, 0.15) is 0 Å². The number of fused-ring (bicyclic) bond motifs is 1. The SMILES string of the molecule is CN1CCN(Cn2ccc(=O)c3cccc(Br)c32)C(c2ccccc2)C1. The predicted octanol–water partition coefficient (Wildman–Crippen LogP) is 3.71. The number of pyridine rings is 1. The molecule has 1 saturated heterocycles. The van der Waals surface area contributed by atoms with Crippen LogP contribution in [0.4, 0.5) is 0 Å². The third-order valence-corrected chi connectivity index (χ3v) is 5.80. The molecule has 0 N–H and O–H groups in total. The highest BCUT2D eigenvalue weighted by Gasteiger charge is 2.26. The summed E-state index contributed by atoms with van der Waals surface area (Å²) in [5.41, 5.74) is 2.37. The first-order valence-corrected chi connectivity index (χ1v) is 9.68. The van der Waals surface area contributed by atoms with Crippen molar-refractivity contribution in [2.45, 2.75) is 12.7 Å². The average Bonchev–Trinajstić information content (AvgIpc) is 2.66. The monoisotopic (exact) mass is 411 g/mol. The van der Waals surface area contributed by atoms with Gasteiger partial charge in [0.15, 0.2) is 5.43 Å². The number of nitrogens with zero attached hydrogens (tertiary/aromatic N) is 3. The molecule has 26 heavy (non-hydrogen) atoms. The van der Waals surface area contributed by atoms with E-state index >= 15 is 0 Å². The summed E-state index contributed by atoms with van der Waals surface area (Å²) in [6.07, 6.45) is 1.91. The molecule has 4 nitrogen and oxygen atoms in total. The molecule has 0 radical (unpaired) electrons. The molecular formula is C21H22BrN3O. The summed E-state index contributed by atoms with van der Waals surface area (Å²) in [4.78, 5) is 17.1. The number of likely N-dealkylation sites (N-methyl/N-ethyl adjacent to an activating group) is 1. The van der Waals surface area contributed by atoms with E-state index in [-0.39, 0.29) is 5.43 Å². The zero-order valence-electron chi connectivity index (χ0n) is 14.8. The first kappa shape index (κ1) is 17.5. The van der Waals surface area contributed by atoms with E-state index in [0.717, 1.165) is 41.7 Å². The Morgan fingerprint density at radius 3 is 2.65 bits per heavy atom. The maximum absolute atomic E-state index is 12.2. The molecule has 5 heteroatoms. The van der Waals surface area contributed by atoms with Gasteiger partial charge in [0.25, 0.3) is 0 Å². The third-order valence-electron chi connectivity index (χ3n) is 5.16. The topological polar surface area (TPSA) is 28.5 Å². The summed E-state index contributed by atoms with van der Waals surface area (Å²) < 4.78 is 3.14. The minimum absolute atomic E-state index is 0.0653. The summed E-state index contributed by atoms with van der Waals surface area (Å²) in [7, 11) is 2.18. The lowest BCUT2D eigenvalue weighted by atomic mass is 10.0. The van der Waals surface area contributed by atoms with Crippen LogP contribution in [0.25, 0.3) is 10.9 Å². The van der Waals surface area contributed by atoms with Crippen LogP contribution < -0.4 is 5.43 Å². The Morgan fingerprint density at radius 1 is 1.04 bits per heavy atom. The molecule has 134 valence electrons. The lowest BCUT2D eigenvalue weighted by molar-refractivity contribution is 0.0642. The van der Waals surface area contributed by atoms with Gasteiger partial charge in [-0.05, 0) is 40.7 Å². The van der Waals surface area contributed by atoms with Crippen molar-refractivity contribution in [2.75, 3.05) is 26.7 Å². The van der Waals surface area contributed by atoms with E-state index in [1.54, 1.807) is 6.07 Å². The normalized spacial score (nSPS) is 19.1. The van der Waals surface area contributed by atoms with Crippen LogP contribution in [0.2, 0.25) is 0 Å². The van der Waals surface area contributed by atoms with Crippen LogP contribution in [-0.4, -0.2) is 41.0 Å². The largest absolute Gasteiger partial charge is 0.333 e. The number of hydrogen-bond acceptors (Lipinski definition) is 3. The van der Waals surface area contributed by atoms with E-state index in [1.807, 2.05) is 24.4 Å². The molecule has 4 rings (SSSR count). The van der Waals surface area contributed by atoms with Crippen molar-refractivity contribution in [3.8, 4) is 0 Å². The minimum Gasteiger partial charge on any atom is -0.333 e. The van der Waals surface area contributed by atoms with Gasteiger partial charge < -0.3 is 9.47 Å². The third kappa shape index (κ3) is 3.34. The molecule has 1 aliphatic heterocycles. The van der Waals surface area contributed by atoms with Crippen molar-refractivity contribution in [3.63, 3.8) is 0 Å². The highest BCUT2D eigenvalue weighted by Crippen LogP contribution is 2.27. The number of benzene rings is 2. The summed E-state index contributed by atoms with van der Waals surface area (Å²) in [6.45, 7) is 3.80. The molecule has 1 aliphatic rings. The van der Waals surface area contributed by atoms with E-state index in [0.29, 0.717) is 6.04 Å². The average molecular weight is 412 g/mol. The lowest BCUT2D eigenvalue weighted by Gasteiger charge is -2.40. The number of hydrogen-bond donors (Lipinski definition) is 0. The molecule has 0 aliphatic carbocycles. The molecule has 0 saturated carbocycles. The quantitative estimate of drug-likeness (QED) is 0.657. The zero-order chi connectivity index (χ0) is 18.1. The van der Waals surface area contributed by atoms with Crippen molar-refractivity contribution in [1.29, 1.82) is 0 Å². The molecule has 1 aromatic heterocycles. The van der Waals surface area contributed by atoms with Gasteiger partial charge in [-0.25, -0.2) is 0 Å². The Morgan fingerprint density at radius 2 is 1.85 bits per heavy atom. The van der Waals surface area contributed by atoms with Crippen LogP contribution in [0.1, 0.15) is 11.6 Å². The summed E-state index contributed by atoms with van der Waals surface area (Å²) >= 11 is 3.63. The molecule has 0 spiro atoms. The molecule has 0 amide bonds. The number of para-hydroxylation sites is 1. The number of halogens is 1. The minimum atomic E-state index is 0.0653. The predicted molar refractivity (Wildman–Crippen MR) is 109 cm³/mol. The Balaban J connectivity index is 1.73. The van der Waals surface area contributed by atoms with Crippen molar-refractivity contribution < 1.29 is 0 Å². The van der Waals surface area contributed by atoms with Gasteiger partial charge >= 0.3 is 0 Å². The zero-order valence-corrected chi connectivity index (χ0v) is 16.4. The van der Waals surface area contributed by atoms with Gasteiger partial charge in [-0.2, -0.15) is 0 Å². The van der Waals surface area contributed by atoms with Crippen molar-refractivity contribution in [1.82, 2.24) is 14.4 Å². The lowest BCUT2D eigenvalue weighted by Crippen LogP contribution is -2.47. The highest BCUT2D eigenvalue weighted by atomic mass is 79.9. The smallest absolute Gasteiger partial charge is 0.189 e. The van der Waals surface area contributed by atoms with Gasteiger partial charge in [-0.15, -0.1) is 0 Å². The van der Waals surface area contributed by atoms with Crippen molar-refractivity contribution >= 4 is 26.8 Å². The molecular weight excluding hydrogens is 390 g/mol. The molecule has 0 bridgehead atoms. The molecule has 1 fully saturated rings. The van der Waals surface area contributed by atoms with Crippen LogP contribution in [0.5, 0.6) is 0 Å². The summed E-state index contributed by atoms with van der Waals surface area (Å²) in [5.74, 6) is 0. The second-order valence-corrected chi connectivity index (χ2v) is 7.78. The van der Waals surface area contributed by atoms with Gasteiger partial charge in [0, 0.05) is 47.8 Å². The Bertz CT molecular complexity index is 970. The molecule has 3 aromatic rings. The molecule has 1 unspecified atom stereocenters. The Labute approximate surface area is 161 Å². The van der Waals surface area contributed by atoms with Gasteiger partial charge in [0.05, 0.1) is 12.2 Å². The number of piperazine rings is 1. The number of aromatic nitrogens is 1. The van der Waals surface area contributed by atoms with E-state index < -0.39 is 0 Å². The van der Waals surface area contributed by atoms with E-state index in [1.165, 1.54) is 5.56 Å². The van der Waals surface area contributed by atoms with E-state index in [9.17, 15) is 4.79 Å². The van der Waals surface area contributed by atoms with Crippen LogP contribution >= 0.6 is 15.9 Å². The van der Waals surface area contributed by atoms with Crippen LogP contribution in [0, 0.1) is 0 Å². The van der Waals surface area contributed by atoms with E-state index in [2.05, 4.69) is 67.7 Å². The first-order chi connectivity index (χ1) is 12.6. The summed E-state index contributed by atoms with van der Waals surface area (Å²) in [5, 5.41) is 0.757. The van der Waals surface area contributed by atoms with Crippen LogP contribution in [0.15, 0.2) is 70.1 Å². The fraction of sp³-hybridized carbons (Fsp3) is 0.286. The van der Waals surface area contributed by atoms with Gasteiger partial charge in [-0.3, -0.25) is 9.69 Å². The van der Waals surface area contributed by atoms with Crippen molar-refractivity contribution in [2.24, 2.45) is 0 Å². The van der Waals surface area contributed by atoms with Crippen LogP contribution in [0.3, 0.4) is 0 Å². The molecule has 2 heterocycles. The Hall–Kier alpha value is -1.95. The van der Waals surface area contributed by atoms with Crippen LogP contribution in [-0.2, 0) is 6.67 Å².